The van der Waals surface area contributed by atoms with Crippen LogP contribution < -0.4 is 5.32 Å². The number of hydrogen-bond acceptors (Lipinski definition) is 2. The first-order chi connectivity index (χ1) is 8.16. The Labute approximate surface area is 109 Å². The van der Waals surface area contributed by atoms with Crippen molar-refractivity contribution >= 4 is 21.9 Å². The predicted molar refractivity (Wildman–Crippen MR) is 69.9 cm³/mol. The monoisotopic (exact) mass is 297 g/mol. The first kappa shape index (κ1) is 12.6. The fraction of sp³-hybridized carbons (Fsp3) is 0.462. The number of halogens is 1. The minimum Gasteiger partial charge on any atom is -0.481 e. The Balaban J connectivity index is 2.09. The standard InChI is InChI=1S/C13H16BrNO2/c14-11-3-1-2-9(6-11)7-12(13(16)17)10-4-5-15-8-10/h1-3,6,10,12,15H,4-5,7-8H2,(H,16,17)/t10-,12-/m0/s1. The summed E-state index contributed by atoms with van der Waals surface area (Å²) in [7, 11) is 0. The Morgan fingerprint density at radius 3 is 3.00 bits per heavy atom. The maximum atomic E-state index is 11.3. The van der Waals surface area contributed by atoms with E-state index in [-0.39, 0.29) is 11.8 Å². The van der Waals surface area contributed by atoms with Gasteiger partial charge in [-0.1, -0.05) is 28.1 Å². The zero-order valence-electron chi connectivity index (χ0n) is 9.53. The molecule has 92 valence electrons. The van der Waals surface area contributed by atoms with Crippen LogP contribution in [0.5, 0.6) is 0 Å². The number of hydrogen-bond donors (Lipinski definition) is 2. The van der Waals surface area contributed by atoms with E-state index in [0.29, 0.717) is 6.42 Å². The Morgan fingerprint density at radius 2 is 2.41 bits per heavy atom. The summed E-state index contributed by atoms with van der Waals surface area (Å²) in [4.78, 5) is 11.3. The molecule has 17 heavy (non-hydrogen) atoms. The SMILES string of the molecule is O=C(O)[C@@H](Cc1cccc(Br)c1)[C@H]1CCNC1. The molecule has 1 aliphatic heterocycles. The molecule has 0 bridgehead atoms. The molecule has 0 spiro atoms. The second-order valence-corrected chi connectivity index (χ2v) is 5.45. The van der Waals surface area contributed by atoms with Crippen molar-refractivity contribution in [3.63, 3.8) is 0 Å². The molecule has 0 amide bonds. The highest BCUT2D eigenvalue weighted by Gasteiger charge is 2.30. The zero-order chi connectivity index (χ0) is 12.3. The fourth-order valence-corrected chi connectivity index (χ4v) is 2.84. The van der Waals surface area contributed by atoms with Crippen molar-refractivity contribution in [1.29, 1.82) is 0 Å². The molecule has 1 aromatic rings. The predicted octanol–water partition coefficient (Wildman–Crippen LogP) is 2.30. The minimum atomic E-state index is -0.682. The van der Waals surface area contributed by atoms with Gasteiger partial charge in [0.05, 0.1) is 5.92 Å². The number of carbonyl (C=O) groups is 1. The highest BCUT2D eigenvalue weighted by molar-refractivity contribution is 9.10. The Hall–Kier alpha value is -0.870. The molecule has 1 fully saturated rings. The second kappa shape index (κ2) is 5.65. The van der Waals surface area contributed by atoms with Gasteiger partial charge >= 0.3 is 5.97 Å². The molecule has 1 aromatic carbocycles. The van der Waals surface area contributed by atoms with E-state index >= 15 is 0 Å². The molecule has 4 heteroatoms. The maximum Gasteiger partial charge on any atom is 0.307 e. The first-order valence-electron chi connectivity index (χ1n) is 5.85. The van der Waals surface area contributed by atoms with Gasteiger partial charge in [-0.3, -0.25) is 4.79 Å². The number of carboxylic acid groups (broad SMARTS) is 1. The minimum absolute atomic E-state index is 0.256. The highest BCUT2D eigenvalue weighted by atomic mass is 79.9. The first-order valence-corrected chi connectivity index (χ1v) is 6.64. The molecule has 0 unspecified atom stereocenters. The van der Waals surface area contributed by atoms with Crippen LogP contribution in [0.2, 0.25) is 0 Å². The summed E-state index contributed by atoms with van der Waals surface area (Å²) in [6, 6.07) is 7.89. The van der Waals surface area contributed by atoms with Crippen LogP contribution in [0, 0.1) is 11.8 Å². The van der Waals surface area contributed by atoms with Crippen molar-refractivity contribution in [2.75, 3.05) is 13.1 Å². The summed E-state index contributed by atoms with van der Waals surface area (Å²) in [6.07, 6.45) is 1.58. The van der Waals surface area contributed by atoms with Crippen LogP contribution in [0.25, 0.3) is 0 Å². The fourth-order valence-electron chi connectivity index (χ4n) is 2.39. The van der Waals surface area contributed by atoms with Gasteiger partial charge in [-0.2, -0.15) is 0 Å². The van der Waals surface area contributed by atoms with E-state index < -0.39 is 5.97 Å². The van der Waals surface area contributed by atoms with E-state index in [4.69, 9.17) is 0 Å². The average molecular weight is 298 g/mol. The molecule has 1 saturated heterocycles. The second-order valence-electron chi connectivity index (χ2n) is 4.53. The lowest BCUT2D eigenvalue weighted by Crippen LogP contribution is -2.27. The maximum absolute atomic E-state index is 11.3. The average Bonchev–Trinajstić information content (AvgIpc) is 2.78. The Morgan fingerprint density at radius 1 is 1.59 bits per heavy atom. The molecule has 2 rings (SSSR count). The van der Waals surface area contributed by atoms with Gasteiger partial charge in [-0.15, -0.1) is 0 Å². The van der Waals surface area contributed by atoms with Crippen LogP contribution in [0.1, 0.15) is 12.0 Å². The van der Waals surface area contributed by atoms with Gasteiger partial charge < -0.3 is 10.4 Å². The molecule has 0 radical (unpaired) electrons. The normalized spacial score (nSPS) is 21.4. The molecule has 2 atom stereocenters. The number of benzene rings is 1. The van der Waals surface area contributed by atoms with E-state index in [2.05, 4.69) is 21.2 Å². The van der Waals surface area contributed by atoms with E-state index in [1.807, 2.05) is 24.3 Å². The van der Waals surface area contributed by atoms with E-state index in [1.54, 1.807) is 0 Å². The van der Waals surface area contributed by atoms with Crippen molar-refractivity contribution in [2.24, 2.45) is 11.8 Å². The van der Waals surface area contributed by atoms with Crippen molar-refractivity contribution in [1.82, 2.24) is 5.32 Å². The van der Waals surface area contributed by atoms with Gasteiger partial charge in [0.15, 0.2) is 0 Å². The van der Waals surface area contributed by atoms with Crippen molar-refractivity contribution in [3.8, 4) is 0 Å². The Kier molecular flexibility index (Phi) is 4.18. The third-order valence-corrected chi connectivity index (χ3v) is 3.82. The number of aliphatic carboxylic acids is 1. The summed E-state index contributed by atoms with van der Waals surface area (Å²) < 4.78 is 1.00. The van der Waals surface area contributed by atoms with Gasteiger partial charge in [0.25, 0.3) is 0 Å². The van der Waals surface area contributed by atoms with Gasteiger partial charge in [0, 0.05) is 4.47 Å². The van der Waals surface area contributed by atoms with Crippen LogP contribution in [-0.2, 0) is 11.2 Å². The molecular weight excluding hydrogens is 282 g/mol. The zero-order valence-corrected chi connectivity index (χ0v) is 11.1. The van der Waals surface area contributed by atoms with E-state index in [1.165, 1.54) is 0 Å². The van der Waals surface area contributed by atoms with Crippen LogP contribution in [0.3, 0.4) is 0 Å². The highest BCUT2D eigenvalue weighted by Crippen LogP contribution is 2.24. The quantitative estimate of drug-likeness (QED) is 0.897. The molecule has 2 N–H and O–H groups in total. The lowest BCUT2D eigenvalue weighted by Gasteiger charge is -2.18. The van der Waals surface area contributed by atoms with Crippen LogP contribution >= 0.6 is 15.9 Å². The van der Waals surface area contributed by atoms with E-state index in [0.717, 1.165) is 29.5 Å². The number of nitrogens with one attached hydrogen (secondary N) is 1. The van der Waals surface area contributed by atoms with Crippen LogP contribution in [-0.4, -0.2) is 24.2 Å². The molecule has 0 saturated carbocycles. The summed E-state index contributed by atoms with van der Waals surface area (Å²) in [5, 5.41) is 12.6. The largest absolute Gasteiger partial charge is 0.481 e. The molecule has 1 aliphatic rings. The summed E-state index contributed by atoms with van der Waals surface area (Å²) in [5.74, 6) is -0.704. The molecule has 0 aliphatic carbocycles. The number of rotatable bonds is 4. The third-order valence-electron chi connectivity index (χ3n) is 3.33. The summed E-state index contributed by atoms with van der Waals surface area (Å²) in [5.41, 5.74) is 1.08. The van der Waals surface area contributed by atoms with Gasteiger partial charge in [-0.05, 0) is 49.5 Å². The number of carboxylic acids is 1. The van der Waals surface area contributed by atoms with Gasteiger partial charge in [-0.25, -0.2) is 0 Å². The van der Waals surface area contributed by atoms with Crippen LogP contribution in [0.4, 0.5) is 0 Å². The van der Waals surface area contributed by atoms with Gasteiger partial charge in [0.1, 0.15) is 0 Å². The molecule has 0 aromatic heterocycles. The topological polar surface area (TPSA) is 49.3 Å². The summed E-state index contributed by atoms with van der Waals surface area (Å²) >= 11 is 3.41. The lowest BCUT2D eigenvalue weighted by molar-refractivity contribution is -0.143. The van der Waals surface area contributed by atoms with Gasteiger partial charge in [0.2, 0.25) is 0 Å². The van der Waals surface area contributed by atoms with Crippen molar-refractivity contribution in [2.45, 2.75) is 12.8 Å². The lowest BCUT2D eigenvalue weighted by atomic mass is 9.86. The van der Waals surface area contributed by atoms with E-state index in [9.17, 15) is 9.90 Å². The third kappa shape index (κ3) is 3.30. The van der Waals surface area contributed by atoms with Crippen molar-refractivity contribution in [3.05, 3.63) is 34.3 Å². The smallest absolute Gasteiger partial charge is 0.307 e. The summed E-state index contributed by atoms with van der Waals surface area (Å²) in [6.45, 7) is 1.76. The Bertz CT molecular complexity index is 402. The van der Waals surface area contributed by atoms with Crippen LogP contribution in [0.15, 0.2) is 28.7 Å². The molecule has 3 nitrogen and oxygen atoms in total. The molecule has 1 heterocycles. The molecular formula is C13H16BrNO2. The van der Waals surface area contributed by atoms with Crippen molar-refractivity contribution < 1.29 is 9.90 Å².